The summed E-state index contributed by atoms with van der Waals surface area (Å²) in [5, 5.41) is 2.96. The van der Waals surface area contributed by atoms with Gasteiger partial charge in [0.15, 0.2) is 10.9 Å². The van der Waals surface area contributed by atoms with Gasteiger partial charge in [-0.25, -0.2) is 4.98 Å². The lowest BCUT2D eigenvalue weighted by Crippen LogP contribution is -2.15. The molecule has 0 fully saturated rings. The Morgan fingerprint density at radius 1 is 1.48 bits per heavy atom. The zero-order valence-corrected chi connectivity index (χ0v) is 12.6. The molecule has 0 aliphatic heterocycles. The number of nitrogens with two attached hydrogens (primary N) is 1. The highest BCUT2D eigenvalue weighted by Gasteiger charge is 2.16. The van der Waals surface area contributed by atoms with E-state index in [4.69, 9.17) is 22.1 Å². The third-order valence-corrected chi connectivity index (χ3v) is 3.10. The van der Waals surface area contributed by atoms with Crippen LogP contribution in [0.25, 0.3) is 0 Å². The second-order valence-electron chi connectivity index (χ2n) is 4.46. The molecule has 0 bridgehead atoms. The SMILES string of the molecule is CCOc1c(N)cccc1C(=O)Nc1cc(C)cnc1Cl. The maximum atomic E-state index is 12.4. The Hall–Kier alpha value is -2.27. The first kappa shape index (κ1) is 15.1. The van der Waals surface area contributed by atoms with Crippen LogP contribution in [0.2, 0.25) is 5.15 Å². The van der Waals surface area contributed by atoms with Crippen molar-refractivity contribution in [2.24, 2.45) is 0 Å². The lowest BCUT2D eigenvalue weighted by Gasteiger charge is -2.13. The number of nitrogens with one attached hydrogen (secondary N) is 1. The van der Waals surface area contributed by atoms with Gasteiger partial charge in [-0.15, -0.1) is 0 Å². The Labute approximate surface area is 128 Å². The molecule has 3 N–H and O–H groups in total. The van der Waals surface area contributed by atoms with Crippen LogP contribution in [0, 0.1) is 6.92 Å². The Morgan fingerprint density at radius 3 is 2.95 bits per heavy atom. The molecule has 0 saturated carbocycles. The summed E-state index contributed by atoms with van der Waals surface area (Å²) < 4.78 is 5.45. The average Bonchev–Trinajstić information content (AvgIpc) is 2.45. The topological polar surface area (TPSA) is 77.2 Å². The second-order valence-corrected chi connectivity index (χ2v) is 4.82. The number of amides is 1. The first-order valence-corrected chi connectivity index (χ1v) is 6.85. The molecule has 0 aliphatic carbocycles. The lowest BCUT2D eigenvalue weighted by molar-refractivity contribution is 0.102. The normalized spacial score (nSPS) is 10.2. The van der Waals surface area contributed by atoms with Crippen molar-refractivity contribution >= 4 is 28.9 Å². The van der Waals surface area contributed by atoms with Gasteiger partial charge in [-0.05, 0) is 37.6 Å². The number of rotatable bonds is 4. The Bertz CT molecular complexity index is 674. The minimum absolute atomic E-state index is 0.232. The summed E-state index contributed by atoms with van der Waals surface area (Å²) in [5.74, 6) is 0.0225. The number of carbonyl (C=O) groups is 1. The van der Waals surface area contributed by atoms with Crippen molar-refractivity contribution in [3.05, 3.63) is 46.7 Å². The summed E-state index contributed by atoms with van der Waals surface area (Å²) in [6, 6.07) is 6.78. The van der Waals surface area contributed by atoms with Gasteiger partial charge in [-0.3, -0.25) is 4.79 Å². The monoisotopic (exact) mass is 305 g/mol. The number of pyridine rings is 1. The molecule has 0 atom stereocenters. The van der Waals surface area contributed by atoms with Gasteiger partial charge in [-0.1, -0.05) is 17.7 Å². The van der Waals surface area contributed by atoms with E-state index >= 15 is 0 Å². The van der Waals surface area contributed by atoms with E-state index in [0.29, 0.717) is 29.3 Å². The third kappa shape index (κ3) is 3.44. The van der Waals surface area contributed by atoms with Crippen molar-refractivity contribution in [1.82, 2.24) is 4.98 Å². The number of aromatic nitrogens is 1. The van der Waals surface area contributed by atoms with Crippen LogP contribution in [-0.2, 0) is 0 Å². The Kier molecular flexibility index (Phi) is 4.65. The van der Waals surface area contributed by atoms with Crippen molar-refractivity contribution in [3.63, 3.8) is 0 Å². The Balaban J connectivity index is 2.32. The number of ether oxygens (including phenoxy) is 1. The number of nitrogens with zero attached hydrogens (tertiary/aromatic N) is 1. The van der Waals surface area contributed by atoms with Gasteiger partial charge in [0.05, 0.1) is 23.5 Å². The highest BCUT2D eigenvalue weighted by Crippen LogP contribution is 2.28. The molecule has 5 nitrogen and oxygen atoms in total. The molecular formula is C15H16ClN3O2. The quantitative estimate of drug-likeness (QED) is 0.671. The molecule has 1 aromatic heterocycles. The molecule has 2 rings (SSSR count). The largest absolute Gasteiger partial charge is 0.491 e. The van der Waals surface area contributed by atoms with Crippen molar-refractivity contribution in [3.8, 4) is 5.75 Å². The molecule has 0 saturated heterocycles. The van der Waals surface area contributed by atoms with Crippen LogP contribution >= 0.6 is 11.6 Å². The van der Waals surface area contributed by atoms with Crippen LogP contribution in [0.15, 0.2) is 30.5 Å². The summed E-state index contributed by atoms with van der Waals surface area (Å²) in [7, 11) is 0. The Morgan fingerprint density at radius 2 is 2.24 bits per heavy atom. The van der Waals surface area contributed by atoms with Crippen LogP contribution in [0.4, 0.5) is 11.4 Å². The zero-order chi connectivity index (χ0) is 15.4. The average molecular weight is 306 g/mol. The highest BCUT2D eigenvalue weighted by atomic mass is 35.5. The summed E-state index contributed by atoms with van der Waals surface area (Å²) in [4.78, 5) is 16.4. The molecule has 6 heteroatoms. The fourth-order valence-electron chi connectivity index (χ4n) is 1.87. The van der Waals surface area contributed by atoms with Gasteiger partial charge < -0.3 is 15.8 Å². The number of hydrogen-bond donors (Lipinski definition) is 2. The van der Waals surface area contributed by atoms with E-state index in [2.05, 4.69) is 10.3 Å². The number of halogens is 1. The van der Waals surface area contributed by atoms with Gasteiger partial charge >= 0.3 is 0 Å². The molecule has 0 radical (unpaired) electrons. The lowest BCUT2D eigenvalue weighted by atomic mass is 10.1. The number of benzene rings is 1. The highest BCUT2D eigenvalue weighted by molar-refractivity contribution is 6.32. The van der Waals surface area contributed by atoms with E-state index in [1.165, 1.54) is 0 Å². The number of hydrogen-bond acceptors (Lipinski definition) is 4. The van der Waals surface area contributed by atoms with Crippen LogP contribution in [0.1, 0.15) is 22.8 Å². The number of aryl methyl sites for hydroxylation is 1. The molecule has 0 spiro atoms. The minimum Gasteiger partial charge on any atom is -0.491 e. The summed E-state index contributed by atoms with van der Waals surface area (Å²) in [6.07, 6.45) is 1.63. The molecule has 0 aliphatic rings. The molecular weight excluding hydrogens is 290 g/mol. The molecule has 21 heavy (non-hydrogen) atoms. The number of anilines is 2. The zero-order valence-electron chi connectivity index (χ0n) is 11.8. The van der Waals surface area contributed by atoms with Crippen molar-refractivity contribution in [2.45, 2.75) is 13.8 Å². The fourth-order valence-corrected chi connectivity index (χ4v) is 2.02. The third-order valence-electron chi connectivity index (χ3n) is 2.80. The van der Waals surface area contributed by atoms with Crippen LogP contribution in [0.5, 0.6) is 5.75 Å². The van der Waals surface area contributed by atoms with E-state index in [1.807, 2.05) is 13.8 Å². The van der Waals surface area contributed by atoms with Crippen LogP contribution < -0.4 is 15.8 Å². The van der Waals surface area contributed by atoms with Crippen LogP contribution in [-0.4, -0.2) is 17.5 Å². The van der Waals surface area contributed by atoms with Crippen molar-refractivity contribution < 1.29 is 9.53 Å². The summed E-state index contributed by atoms with van der Waals surface area (Å²) >= 11 is 5.98. The maximum absolute atomic E-state index is 12.4. The molecule has 1 aromatic carbocycles. The van der Waals surface area contributed by atoms with Gasteiger partial charge in [0.1, 0.15) is 0 Å². The molecule has 1 amide bonds. The standard InChI is InChI=1S/C15H16ClN3O2/c1-3-21-13-10(5-4-6-11(13)17)15(20)19-12-7-9(2)8-18-14(12)16/h4-8H,3,17H2,1-2H3,(H,19,20). The van der Waals surface area contributed by atoms with E-state index in [0.717, 1.165) is 5.56 Å². The predicted molar refractivity (Wildman–Crippen MR) is 84.0 cm³/mol. The second kappa shape index (κ2) is 6.45. The number of para-hydroxylation sites is 1. The first-order valence-electron chi connectivity index (χ1n) is 6.47. The van der Waals surface area contributed by atoms with Crippen molar-refractivity contribution in [2.75, 3.05) is 17.7 Å². The fraction of sp³-hybridized carbons (Fsp3) is 0.200. The molecule has 2 aromatic rings. The van der Waals surface area contributed by atoms with Gasteiger partial charge in [0.2, 0.25) is 0 Å². The molecule has 0 unspecified atom stereocenters. The number of carbonyl (C=O) groups excluding carboxylic acids is 1. The van der Waals surface area contributed by atoms with Gasteiger partial charge in [0, 0.05) is 6.20 Å². The summed E-state index contributed by atoms with van der Waals surface area (Å²) in [6.45, 7) is 4.11. The van der Waals surface area contributed by atoms with Gasteiger partial charge in [0.25, 0.3) is 5.91 Å². The van der Waals surface area contributed by atoms with E-state index in [9.17, 15) is 4.79 Å². The summed E-state index contributed by atoms with van der Waals surface area (Å²) in [5.41, 5.74) is 7.97. The van der Waals surface area contributed by atoms with E-state index in [-0.39, 0.29) is 11.1 Å². The smallest absolute Gasteiger partial charge is 0.259 e. The maximum Gasteiger partial charge on any atom is 0.259 e. The molecule has 110 valence electrons. The van der Waals surface area contributed by atoms with E-state index in [1.54, 1.807) is 30.5 Å². The van der Waals surface area contributed by atoms with Crippen molar-refractivity contribution in [1.29, 1.82) is 0 Å². The number of nitrogen functional groups attached to an aromatic ring is 1. The minimum atomic E-state index is -0.347. The predicted octanol–water partition coefficient (Wildman–Crippen LogP) is 3.28. The van der Waals surface area contributed by atoms with E-state index < -0.39 is 0 Å². The first-order chi connectivity index (χ1) is 10.0. The molecule has 1 heterocycles. The van der Waals surface area contributed by atoms with Crippen LogP contribution in [0.3, 0.4) is 0 Å². The van der Waals surface area contributed by atoms with Gasteiger partial charge in [-0.2, -0.15) is 0 Å².